The summed E-state index contributed by atoms with van der Waals surface area (Å²) in [5, 5.41) is 16.3. The Kier molecular flexibility index (Phi) is 7.98. The number of anilines is 1. The number of likely N-dealkylation sites (tertiary alicyclic amines) is 1. The van der Waals surface area contributed by atoms with Crippen LogP contribution in [0.15, 0.2) is 12.3 Å². The fraction of sp³-hybridized carbons (Fsp3) is 0.600. The van der Waals surface area contributed by atoms with E-state index in [1.165, 1.54) is 11.3 Å². The van der Waals surface area contributed by atoms with Gasteiger partial charge >= 0.3 is 0 Å². The quantitative estimate of drug-likeness (QED) is 0.518. The molecule has 2 aromatic rings. The lowest BCUT2D eigenvalue weighted by molar-refractivity contribution is 0.0692. The second kappa shape index (κ2) is 10.4. The molecule has 3 N–H and O–H groups in total. The Morgan fingerprint density at radius 2 is 2.03 bits per heavy atom. The molecule has 0 saturated carbocycles. The normalized spacial score (nSPS) is 17.2. The molecule has 1 fully saturated rings. The van der Waals surface area contributed by atoms with Gasteiger partial charge in [0.1, 0.15) is 11.5 Å². The second-order valence-corrected chi connectivity index (χ2v) is 11.2. The van der Waals surface area contributed by atoms with Gasteiger partial charge in [0.15, 0.2) is 5.01 Å². The number of pyridine rings is 1. The number of aliphatic hydroxyl groups is 1. The van der Waals surface area contributed by atoms with Gasteiger partial charge in [0.2, 0.25) is 0 Å². The zero-order valence-corrected chi connectivity index (χ0v) is 22.0. The highest BCUT2D eigenvalue weighted by atomic mass is 32.1. The van der Waals surface area contributed by atoms with Crippen LogP contribution in [0, 0.1) is 12.8 Å². The van der Waals surface area contributed by atoms with Gasteiger partial charge in [-0.05, 0) is 65.0 Å². The lowest BCUT2D eigenvalue weighted by atomic mass is 10.1. The minimum absolute atomic E-state index is 0.0855. The van der Waals surface area contributed by atoms with Crippen molar-refractivity contribution in [2.75, 3.05) is 18.4 Å². The van der Waals surface area contributed by atoms with Crippen LogP contribution in [0.5, 0.6) is 0 Å². The van der Waals surface area contributed by atoms with E-state index in [9.17, 15) is 14.7 Å². The number of carbonyl (C=O) groups excluding carboxylic acids is 2. The molecule has 2 atom stereocenters. The summed E-state index contributed by atoms with van der Waals surface area (Å²) in [6.07, 6.45) is 3.67. The van der Waals surface area contributed by atoms with Crippen molar-refractivity contribution in [1.29, 1.82) is 0 Å². The van der Waals surface area contributed by atoms with Crippen molar-refractivity contribution in [3.63, 3.8) is 0 Å². The van der Waals surface area contributed by atoms with Gasteiger partial charge in [-0.3, -0.25) is 9.59 Å². The molecule has 0 aromatic carbocycles. The van der Waals surface area contributed by atoms with Gasteiger partial charge in [-0.15, -0.1) is 11.3 Å². The van der Waals surface area contributed by atoms with Crippen LogP contribution in [-0.2, 0) is 0 Å². The zero-order chi connectivity index (χ0) is 25.2. The van der Waals surface area contributed by atoms with Crippen molar-refractivity contribution >= 4 is 29.0 Å². The topological polar surface area (TPSA) is 107 Å². The van der Waals surface area contributed by atoms with Crippen molar-refractivity contribution < 1.29 is 14.7 Å². The third-order valence-electron chi connectivity index (χ3n) is 6.25. The number of carbonyl (C=O) groups is 2. The molecule has 1 aliphatic heterocycles. The van der Waals surface area contributed by atoms with Crippen LogP contribution in [0.4, 0.5) is 5.82 Å². The molecular weight excluding hydrogens is 450 g/mol. The highest BCUT2D eigenvalue weighted by molar-refractivity contribution is 7.17. The molecule has 34 heavy (non-hydrogen) atoms. The monoisotopic (exact) mass is 487 g/mol. The molecule has 1 aliphatic rings. The molecule has 8 nitrogen and oxygen atoms in total. The Morgan fingerprint density at radius 1 is 1.32 bits per heavy atom. The summed E-state index contributed by atoms with van der Waals surface area (Å²) in [5.74, 6) is 0.667. The van der Waals surface area contributed by atoms with Gasteiger partial charge in [0, 0.05) is 36.9 Å². The average molecular weight is 488 g/mol. The maximum Gasteiger partial charge on any atom is 0.280 e. The lowest BCUT2D eigenvalue weighted by Crippen LogP contribution is -2.38. The molecule has 2 amide bonds. The van der Waals surface area contributed by atoms with E-state index in [2.05, 4.69) is 41.4 Å². The largest absolute Gasteiger partial charge is 0.389 e. The summed E-state index contributed by atoms with van der Waals surface area (Å²) < 4.78 is 0. The summed E-state index contributed by atoms with van der Waals surface area (Å²) >= 11 is 1.19. The van der Waals surface area contributed by atoms with E-state index in [0.717, 1.165) is 29.8 Å². The molecule has 9 heteroatoms. The van der Waals surface area contributed by atoms with E-state index in [4.69, 9.17) is 0 Å². The molecule has 1 saturated heterocycles. The van der Waals surface area contributed by atoms with Crippen molar-refractivity contribution in [2.24, 2.45) is 5.92 Å². The molecule has 0 spiro atoms. The number of nitrogens with one attached hydrogen (secondary N) is 2. The van der Waals surface area contributed by atoms with Crippen LogP contribution < -0.4 is 10.6 Å². The first-order valence-corrected chi connectivity index (χ1v) is 12.7. The van der Waals surface area contributed by atoms with E-state index in [1.807, 2.05) is 24.8 Å². The van der Waals surface area contributed by atoms with Gasteiger partial charge in [-0.2, -0.15) is 0 Å². The number of aryl methyl sites for hydroxylation is 1. The fourth-order valence-corrected chi connectivity index (χ4v) is 4.81. The van der Waals surface area contributed by atoms with E-state index in [1.54, 1.807) is 20.0 Å². The molecule has 0 bridgehead atoms. The van der Waals surface area contributed by atoms with Crippen LogP contribution in [0.3, 0.4) is 0 Å². The number of aromatic nitrogens is 2. The maximum absolute atomic E-state index is 13.5. The molecule has 0 radical (unpaired) electrons. The Morgan fingerprint density at radius 3 is 2.59 bits per heavy atom. The zero-order valence-electron chi connectivity index (χ0n) is 21.2. The minimum Gasteiger partial charge on any atom is -0.389 e. The van der Waals surface area contributed by atoms with Crippen molar-refractivity contribution in [2.45, 2.75) is 79.0 Å². The maximum atomic E-state index is 13.5. The van der Waals surface area contributed by atoms with Gasteiger partial charge in [0.05, 0.1) is 10.5 Å². The number of amides is 2. The fourth-order valence-electron chi connectivity index (χ4n) is 3.76. The summed E-state index contributed by atoms with van der Waals surface area (Å²) in [6, 6.07) is 2.37. The highest BCUT2D eigenvalue weighted by Crippen LogP contribution is 2.35. The number of thiazole rings is 1. The second-order valence-electron chi connectivity index (χ2n) is 10.2. The molecule has 186 valence electrons. The van der Waals surface area contributed by atoms with Gasteiger partial charge < -0.3 is 20.6 Å². The Balaban J connectivity index is 1.98. The summed E-state index contributed by atoms with van der Waals surface area (Å²) in [5.41, 5.74) is 0.977. The lowest BCUT2D eigenvalue weighted by Gasteiger charge is -2.21. The molecule has 0 unspecified atom stereocenters. The molecule has 2 aromatic heterocycles. The van der Waals surface area contributed by atoms with Crippen LogP contribution in [0.1, 0.15) is 80.2 Å². The smallest absolute Gasteiger partial charge is 0.280 e. The van der Waals surface area contributed by atoms with Crippen LogP contribution >= 0.6 is 11.3 Å². The van der Waals surface area contributed by atoms with Crippen molar-refractivity contribution in [3.05, 3.63) is 28.5 Å². The third-order valence-corrected chi connectivity index (χ3v) is 7.34. The van der Waals surface area contributed by atoms with E-state index >= 15 is 0 Å². The summed E-state index contributed by atoms with van der Waals surface area (Å²) in [4.78, 5) is 37.8. The standard InChI is InChI=1S/C25H37N5O3S/c1-14(2)17(5)28-19-11-15(3)18(12-26-19)21-20(24(32)30-10-8-9-16(30)4)29-23(34-21)22(31)27-13-25(6,7)33/h11-12,14,16-17,33H,8-10,13H2,1-7H3,(H,26,28)(H,27,31)/t16-,17-/m0/s1. The van der Waals surface area contributed by atoms with Gasteiger partial charge in [-0.1, -0.05) is 13.8 Å². The Bertz CT molecular complexity index is 1040. The van der Waals surface area contributed by atoms with E-state index in [0.29, 0.717) is 17.3 Å². The van der Waals surface area contributed by atoms with Crippen molar-refractivity contribution in [3.8, 4) is 10.4 Å². The predicted octanol–water partition coefficient (Wildman–Crippen LogP) is 4.10. The first-order chi connectivity index (χ1) is 15.9. The molecule has 3 heterocycles. The number of hydrogen-bond donors (Lipinski definition) is 3. The molecule has 0 aliphatic carbocycles. The van der Waals surface area contributed by atoms with Crippen LogP contribution in [0.2, 0.25) is 0 Å². The highest BCUT2D eigenvalue weighted by Gasteiger charge is 2.32. The van der Waals surface area contributed by atoms with Crippen LogP contribution in [0.25, 0.3) is 10.4 Å². The minimum atomic E-state index is -1.05. The number of hydrogen-bond acceptors (Lipinski definition) is 7. The van der Waals surface area contributed by atoms with Crippen molar-refractivity contribution in [1.82, 2.24) is 20.2 Å². The predicted molar refractivity (Wildman–Crippen MR) is 136 cm³/mol. The first kappa shape index (κ1) is 26.1. The van der Waals surface area contributed by atoms with Gasteiger partial charge in [-0.25, -0.2) is 9.97 Å². The first-order valence-electron chi connectivity index (χ1n) is 11.9. The number of nitrogens with zero attached hydrogens (tertiary/aromatic N) is 3. The average Bonchev–Trinajstić information content (AvgIpc) is 3.37. The molecule has 3 rings (SSSR count). The summed E-state index contributed by atoms with van der Waals surface area (Å²) in [6.45, 7) is 14.4. The number of rotatable bonds is 8. The Hall–Kier alpha value is -2.52. The molecular formula is C25H37N5O3S. The summed E-state index contributed by atoms with van der Waals surface area (Å²) in [7, 11) is 0. The van der Waals surface area contributed by atoms with Crippen LogP contribution in [-0.4, -0.2) is 62.6 Å². The SMILES string of the molecule is Cc1cc(N[C@@H](C)C(C)C)ncc1-c1sc(C(=O)NCC(C)(C)O)nc1C(=O)N1CCC[C@@H]1C. The van der Waals surface area contributed by atoms with Gasteiger partial charge in [0.25, 0.3) is 11.8 Å². The van der Waals surface area contributed by atoms with E-state index < -0.39 is 11.5 Å². The van der Waals surface area contributed by atoms with E-state index in [-0.39, 0.29) is 35.2 Å². The Labute approximate surface area is 206 Å². The third kappa shape index (κ3) is 6.13.